The van der Waals surface area contributed by atoms with Gasteiger partial charge in [0.05, 0.1) is 31.5 Å². The van der Waals surface area contributed by atoms with Crippen LogP contribution in [0.5, 0.6) is 11.5 Å². The van der Waals surface area contributed by atoms with Crippen molar-refractivity contribution in [3.05, 3.63) is 59.0 Å². The summed E-state index contributed by atoms with van der Waals surface area (Å²) in [6.45, 7) is 0.283. The first-order valence-corrected chi connectivity index (χ1v) is 9.11. The second kappa shape index (κ2) is 8.25. The Hall–Kier alpha value is -2.51. The molecule has 26 heavy (non-hydrogen) atoms. The lowest BCUT2D eigenvalue weighted by atomic mass is 10.2. The molecule has 5 nitrogen and oxygen atoms in total. The van der Waals surface area contributed by atoms with E-state index in [1.807, 2.05) is 54.6 Å². The Labute approximate surface area is 162 Å². The molecule has 0 bridgehead atoms. The number of carbonyl (C=O) groups excluding carboxylic acids is 1. The largest absolute Gasteiger partial charge is 0.497 e. The number of hydrogen-bond donors (Lipinski definition) is 1. The van der Waals surface area contributed by atoms with E-state index in [1.54, 1.807) is 19.1 Å². The van der Waals surface area contributed by atoms with E-state index in [-0.39, 0.29) is 12.6 Å². The number of para-hydroxylation sites is 2. The average molecular weight is 386 g/mol. The van der Waals surface area contributed by atoms with Gasteiger partial charge < -0.3 is 14.8 Å². The molecule has 0 saturated carbocycles. The van der Waals surface area contributed by atoms with Crippen molar-refractivity contribution in [1.82, 2.24) is 4.90 Å². The van der Waals surface area contributed by atoms with Gasteiger partial charge in [0.15, 0.2) is 0 Å². The van der Waals surface area contributed by atoms with Crippen molar-refractivity contribution >= 4 is 46.0 Å². The minimum atomic E-state index is -0.113. The maximum atomic E-state index is 12.7. The highest BCUT2D eigenvalue weighted by molar-refractivity contribution is 8.26. The van der Waals surface area contributed by atoms with Crippen LogP contribution >= 0.6 is 24.0 Å². The first-order chi connectivity index (χ1) is 12.6. The molecule has 0 aliphatic carbocycles. The molecular formula is C19H18N2O3S2. The van der Waals surface area contributed by atoms with E-state index in [0.29, 0.717) is 15.0 Å². The van der Waals surface area contributed by atoms with Gasteiger partial charge in [-0.15, -0.1) is 0 Å². The van der Waals surface area contributed by atoms with E-state index in [0.717, 1.165) is 17.0 Å². The summed E-state index contributed by atoms with van der Waals surface area (Å²) in [5.41, 5.74) is 1.73. The van der Waals surface area contributed by atoms with E-state index < -0.39 is 0 Å². The number of thiocarbonyl (C=S) groups is 1. The van der Waals surface area contributed by atoms with Gasteiger partial charge in [-0.05, 0) is 35.9 Å². The third-order valence-corrected chi connectivity index (χ3v) is 5.20. The van der Waals surface area contributed by atoms with Gasteiger partial charge in [0.2, 0.25) is 0 Å². The van der Waals surface area contributed by atoms with Gasteiger partial charge in [-0.3, -0.25) is 9.69 Å². The lowest BCUT2D eigenvalue weighted by Gasteiger charge is -2.17. The van der Waals surface area contributed by atoms with Crippen molar-refractivity contribution in [1.29, 1.82) is 0 Å². The van der Waals surface area contributed by atoms with Gasteiger partial charge in [-0.25, -0.2) is 0 Å². The summed E-state index contributed by atoms with van der Waals surface area (Å²) in [7, 11) is 3.23. The lowest BCUT2D eigenvalue weighted by molar-refractivity contribution is -0.121. The molecule has 0 spiro atoms. The number of benzene rings is 2. The van der Waals surface area contributed by atoms with Crippen molar-refractivity contribution in [3.8, 4) is 11.5 Å². The van der Waals surface area contributed by atoms with E-state index >= 15 is 0 Å². The van der Waals surface area contributed by atoms with Crippen LogP contribution in [0, 0.1) is 0 Å². The second-order valence-corrected chi connectivity index (χ2v) is 7.09. The molecular weight excluding hydrogens is 368 g/mol. The molecule has 134 valence electrons. The molecule has 0 aromatic heterocycles. The van der Waals surface area contributed by atoms with Gasteiger partial charge >= 0.3 is 0 Å². The van der Waals surface area contributed by atoms with Gasteiger partial charge in [-0.1, -0.05) is 48.2 Å². The van der Waals surface area contributed by atoms with Gasteiger partial charge in [0, 0.05) is 0 Å². The van der Waals surface area contributed by atoms with E-state index in [2.05, 4.69) is 5.32 Å². The summed E-state index contributed by atoms with van der Waals surface area (Å²) in [5, 5.41) is 3.20. The smallest absolute Gasteiger partial charge is 0.267 e. The minimum Gasteiger partial charge on any atom is -0.497 e. The molecule has 1 amide bonds. The molecule has 1 aliphatic rings. The van der Waals surface area contributed by atoms with E-state index in [4.69, 9.17) is 21.7 Å². The number of carbonyl (C=O) groups is 1. The molecule has 2 aromatic carbocycles. The zero-order chi connectivity index (χ0) is 18.5. The summed E-state index contributed by atoms with van der Waals surface area (Å²) in [5.74, 6) is 1.38. The number of ether oxygens (including phenoxy) is 2. The van der Waals surface area contributed by atoms with Crippen LogP contribution in [0.25, 0.3) is 6.08 Å². The fraction of sp³-hybridized carbons (Fsp3) is 0.158. The second-order valence-electron chi connectivity index (χ2n) is 5.42. The molecule has 3 rings (SSSR count). The SMILES string of the molecule is COc1ccc(C=C2SC(=S)N(CNc3ccccc3OC)C2=O)cc1. The van der Waals surface area contributed by atoms with Crippen LogP contribution in [0.3, 0.4) is 0 Å². The highest BCUT2D eigenvalue weighted by atomic mass is 32.2. The maximum absolute atomic E-state index is 12.7. The third-order valence-electron chi connectivity index (χ3n) is 3.82. The maximum Gasteiger partial charge on any atom is 0.267 e. The lowest BCUT2D eigenvalue weighted by Crippen LogP contribution is -2.33. The molecule has 1 fully saturated rings. The Morgan fingerprint density at radius 3 is 2.54 bits per heavy atom. The molecule has 0 atom stereocenters. The Kier molecular flexibility index (Phi) is 5.80. The van der Waals surface area contributed by atoms with Crippen molar-refractivity contribution < 1.29 is 14.3 Å². The van der Waals surface area contributed by atoms with Gasteiger partial charge in [-0.2, -0.15) is 0 Å². The van der Waals surface area contributed by atoms with Crippen molar-refractivity contribution in [2.45, 2.75) is 0 Å². The van der Waals surface area contributed by atoms with Crippen LogP contribution in [0.1, 0.15) is 5.56 Å². The fourth-order valence-electron chi connectivity index (χ4n) is 2.44. The monoisotopic (exact) mass is 386 g/mol. The molecule has 0 radical (unpaired) electrons. The van der Waals surface area contributed by atoms with Gasteiger partial charge in [0.1, 0.15) is 15.8 Å². The van der Waals surface area contributed by atoms with Crippen LogP contribution in [-0.4, -0.2) is 36.0 Å². The van der Waals surface area contributed by atoms with Crippen LogP contribution in [0.2, 0.25) is 0 Å². The minimum absolute atomic E-state index is 0.113. The van der Waals surface area contributed by atoms with Crippen LogP contribution in [0.4, 0.5) is 5.69 Å². The van der Waals surface area contributed by atoms with Crippen molar-refractivity contribution in [2.24, 2.45) is 0 Å². The molecule has 2 aromatic rings. The molecule has 7 heteroatoms. The number of nitrogens with one attached hydrogen (secondary N) is 1. The number of amides is 1. The molecule has 1 heterocycles. The number of methoxy groups -OCH3 is 2. The van der Waals surface area contributed by atoms with Crippen LogP contribution in [-0.2, 0) is 4.79 Å². The first kappa shape index (κ1) is 18.3. The molecule has 1 saturated heterocycles. The number of nitrogens with zero attached hydrogens (tertiary/aromatic N) is 1. The predicted molar refractivity (Wildman–Crippen MR) is 109 cm³/mol. The zero-order valence-electron chi connectivity index (χ0n) is 14.4. The number of anilines is 1. The Balaban J connectivity index is 1.71. The van der Waals surface area contributed by atoms with Crippen LogP contribution in [0.15, 0.2) is 53.4 Å². The fourth-order valence-corrected chi connectivity index (χ4v) is 3.70. The number of thioether (sulfide) groups is 1. The summed E-state index contributed by atoms with van der Waals surface area (Å²) < 4.78 is 11.0. The third kappa shape index (κ3) is 4.00. The summed E-state index contributed by atoms with van der Waals surface area (Å²) in [6, 6.07) is 15.1. The van der Waals surface area contributed by atoms with Gasteiger partial charge in [0.25, 0.3) is 5.91 Å². The molecule has 0 unspecified atom stereocenters. The standard InChI is InChI=1S/C19H18N2O3S2/c1-23-14-9-7-13(8-10-14)11-17-18(22)21(19(25)26-17)12-20-15-5-3-4-6-16(15)24-2/h3-11,20H,12H2,1-2H3. The highest BCUT2D eigenvalue weighted by Gasteiger charge is 2.31. The number of hydrogen-bond acceptors (Lipinski definition) is 6. The Morgan fingerprint density at radius 1 is 1.12 bits per heavy atom. The van der Waals surface area contributed by atoms with Crippen molar-refractivity contribution in [2.75, 3.05) is 26.2 Å². The normalized spacial score (nSPS) is 15.5. The predicted octanol–water partition coefficient (Wildman–Crippen LogP) is 3.97. The topological polar surface area (TPSA) is 50.8 Å². The Bertz CT molecular complexity index is 850. The van der Waals surface area contributed by atoms with E-state index in [9.17, 15) is 4.79 Å². The highest BCUT2D eigenvalue weighted by Crippen LogP contribution is 2.33. The average Bonchev–Trinajstić information content (AvgIpc) is 2.94. The summed E-state index contributed by atoms with van der Waals surface area (Å²) in [4.78, 5) is 14.8. The van der Waals surface area contributed by atoms with Crippen LogP contribution < -0.4 is 14.8 Å². The van der Waals surface area contributed by atoms with E-state index in [1.165, 1.54) is 11.8 Å². The number of rotatable bonds is 6. The quantitative estimate of drug-likeness (QED) is 0.599. The Morgan fingerprint density at radius 2 is 1.85 bits per heavy atom. The summed E-state index contributed by atoms with van der Waals surface area (Å²) in [6.07, 6.45) is 1.84. The zero-order valence-corrected chi connectivity index (χ0v) is 16.0. The molecule has 1 N–H and O–H groups in total. The molecule has 1 aliphatic heterocycles. The van der Waals surface area contributed by atoms with Crippen molar-refractivity contribution in [3.63, 3.8) is 0 Å². The summed E-state index contributed by atoms with van der Waals surface area (Å²) >= 11 is 6.66. The first-order valence-electron chi connectivity index (χ1n) is 7.88.